The Morgan fingerprint density at radius 1 is 0.529 bits per heavy atom. The highest BCUT2D eigenvalue weighted by atomic mass is 14.5. The average Bonchev–Trinajstić information content (AvgIpc) is 3.38. The van der Waals surface area contributed by atoms with Crippen LogP contribution in [0.3, 0.4) is 0 Å². The minimum atomic E-state index is -0.332. The lowest BCUT2D eigenvalue weighted by Crippen LogP contribution is -2.29. The molecule has 0 heterocycles. The molecular formula is C34H26. The van der Waals surface area contributed by atoms with Crippen molar-refractivity contribution in [3.05, 3.63) is 154 Å². The van der Waals surface area contributed by atoms with Gasteiger partial charge >= 0.3 is 0 Å². The van der Waals surface area contributed by atoms with E-state index in [4.69, 9.17) is 0 Å². The van der Waals surface area contributed by atoms with Gasteiger partial charge in [0, 0.05) is 0 Å². The van der Waals surface area contributed by atoms with Crippen molar-refractivity contribution in [3.63, 3.8) is 0 Å². The van der Waals surface area contributed by atoms with Crippen LogP contribution in [0.5, 0.6) is 0 Å². The van der Waals surface area contributed by atoms with Gasteiger partial charge in [-0.1, -0.05) is 120 Å². The van der Waals surface area contributed by atoms with Crippen LogP contribution in [-0.2, 0) is 11.8 Å². The minimum Gasteiger partial charge on any atom is -0.0622 e. The van der Waals surface area contributed by atoms with Gasteiger partial charge in [0.15, 0.2) is 0 Å². The highest BCUT2D eigenvalue weighted by Crippen LogP contribution is 2.59. The Kier molecular flexibility index (Phi) is 4.05. The van der Waals surface area contributed by atoms with Gasteiger partial charge in [0.2, 0.25) is 0 Å². The molecule has 7 rings (SSSR count). The number of hydrogen-bond acceptors (Lipinski definition) is 0. The van der Waals surface area contributed by atoms with E-state index in [2.05, 4.69) is 123 Å². The molecule has 0 heteroatoms. The van der Waals surface area contributed by atoms with Crippen molar-refractivity contribution in [1.82, 2.24) is 0 Å². The zero-order valence-electron chi connectivity index (χ0n) is 19.6. The molecule has 0 fully saturated rings. The quantitative estimate of drug-likeness (QED) is 0.257. The van der Waals surface area contributed by atoms with Crippen molar-refractivity contribution in [2.45, 2.75) is 25.7 Å². The number of hydrogen-bond donors (Lipinski definition) is 0. The molecule has 0 amide bonds. The number of benzene rings is 5. The summed E-state index contributed by atoms with van der Waals surface area (Å²) in [5.74, 6) is 0. The van der Waals surface area contributed by atoms with E-state index in [1.54, 1.807) is 0 Å². The van der Waals surface area contributed by atoms with Crippen LogP contribution in [0.15, 0.2) is 109 Å². The van der Waals surface area contributed by atoms with Crippen molar-refractivity contribution in [2.75, 3.05) is 0 Å². The first-order chi connectivity index (χ1) is 16.7. The van der Waals surface area contributed by atoms with Gasteiger partial charge in [-0.2, -0.15) is 0 Å². The molecule has 0 aliphatic heterocycles. The summed E-state index contributed by atoms with van der Waals surface area (Å²) in [5.41, 5.74) is 16.3. The highest BCUT2D eigenvalue weighted by Gasteiger charge is 2.48. The molecule has 0 unspecified atom stereocenters. The third-order valence-electron chi connectivity index (χ3n) is 7.89. The molecule has 2 aliphatic rings. The van der Waals surface area contributed by atoms with Crippen molar-refractivity contribution in [2.24, 2.45) is 0 Å². The van der Waals surface area contributed by atoms with Crippen molar-refractivity contribution < 1.29 is 0 Å². The van der Waals surface area contributed by atoms with Crippen LogP contribution in [0.1, 0.15) is 44.5 Å². The molecule has 5 aromatic rings. The maximum Gasteiger partial charge on any atom is 0.0716 e. The average molecular weight is 435 g/mol. The highest BCUT2D eigenvalue weighted by molar-refractivity contribution is 5.92. The summed E-state index contributed by atoms with van der Waals surface area (Å²) in [7, 11) is 0. The van der Waals surface area contributed by atoms with E-state index in [9.17, 15) is 0 Å². The molecule has 0 bridgehead atoms. The SMILES string of the molecule is Cc1ccc2c(c1)Cc1c-2ccc2c1C(c1ccccc1)(c1ccccc1)c1cc(C)ccc1-2. The molecule has 0 spiro atoms. The van der Waals surface area contributed by atoms with E-state index in [0.717, 1.165) is 6.42 Å². The smallest absolute Gasteiger partial charge is 0.0622 e. The first-order valence-electron chi connectivity index (χ1n) is 12.2. The van der Waals surface area contributed by atoms with Gasteiger partial charge in [0.1, 0.15) is 0 Å². The Bertz CT molecular complexity index is 1530. The number of fused-ring (bicyclic) bond motifs is 7. The number of aryl methyl sites for hydroxylation is 2. The predicted octanol–water partition coefficient (Wildman–Crippen LogP) is 8.24. The van der Waals surface area contributed by atoms with Gasteiger partial charge in [-0.3, -0.25) is 0 Å². The Balaban J connectivity index is 1.66. The molecule has 5 aromatic carbocycles. The van der Waals surface area contributed by atoms with Gasteiger partial charge in [-0.15, -0.1) is 0 Å². The predicted molar refractivity (Wildman–Crippen MR) is 141 cm³/mol. The van der Waals surface area contributed by atoms with E-state index < -0.39 is 0 Å². The Morgan fingerprint density at radius 3 is 1.76 bits per heavy atom. The fraction of sp³-hybridized carbons (Fsp3) is 0.118. The third kappa shape index (κ3) is 2.49. The van der Waals surface area contributed by atoms with Gasteiger partial charge < -0.3 is 0 Å². The molecule has 0 N–H and O–H groups in total. The van der Waals surface area contributed by atoms with Crippen molar-refractivity contribution in [1.29, 1.82) is 0 Å². The summed E-state index contributed by atoms with van der Waals surface area (Å²) in [6.45, 7) is 4.41. The van der Waals surface area contributed by atoms with E-state index >= 15 is 0 Å². The summed E-state index contributed by atoms with van der Waals surface area (Å²) in [6.07, 6.45) is 0.990. The van der Waals surface area contributed by atoms with E-state index in [1.807, 2.05) is 0 Å². The monoisotopic (exact) mass is 434 g/mol. The summed E-state index contributed by atoms with van der Waals surface area (Å²) in [5, 5.41) is 0. The molecule has 0 atom stereocenters. The lowest BCUT2D eigenvalue weighted by atomic mass is 9.66. The molecule has 0 nitrogen and oxygen atoms in total. The topological polar surface area (TPSA) is 0 Å². The summed E-state index contributed by atoms with van der Waals surface area (Å²) >= 11 is 0. The zero-order chi connectivity index (χ0) is 22.9. The van der Waals surface area contributed by atoms with Crippen LogP contribution >= 0.6 is 0 Å². The second kappa shape index (κ2) is 7.05. The van der Waals surface area contributed by atoms with Gasteiger partial charge in [-0.05, 0) is 75.9 Å². The second-order valence-corrected chi connectivity index (χ2v) is 9.88. The van der Waals surface area contributed by atoms with E-state index in [1.165, 1.54) is 66.8 Å². The largest absolute Gasteiger partial charge is 0.0716 e. The second-order valence-electron chi connectivity index (χ2n) is 9.88. The first-order valence-corrected chi connectivity index (χ1v) is 12.2. The van der Waals surface area contributed by atoms with Gasteiger partial charge in [-0.25, -0.2) is 0 Å². The van der Waals surface area contributed by atoms with E-state index in [-0.39, 0.29) is 5.41 Å². The molecule has 34 heavy (non-hydrogen) atoms. The minimum absolute atomic E-state index is 0.332. The van der Waals surface area contributed by atoms with E-state index in [0.29, 0.717) is 0 Å². The van der Waals surface area contributed by atoms with Crippen molar-refractivity contribution in [3.8, 4) is 22.3 Å². The Hall–Kier alpha value is -3.90. The number of rotatable bonds is 2. The molecule has 0 radical (unpaired) electrons. The fourth-order valence-electron chi connectivity index (χ4n) is 6.54. The zero-order valence-corrected chi connectivity index (χ0v) is 19.6. The Labute approximate surface area is 201 Å². The molecule has 0 saturated heterocycles. The van der Waals surface area contributed by atoms with Crippen molar-refractivity contribution >= 4 is 0 Å². The lowest BCUT2D eigenvalue weighted by Gasteiger charge is -2.35. The summed E-state index contributed by atoms with van der Waals surface area (Å²) < 4.78 is 0. The fourth-order valence-corrected chi connectivity index (χ4v) is 6.54. The van der Waals surface area contributed by atoms with Crippen LogP contribution in [0, 0.1) is 13.8 Å². The molecule has 2 aliphatic carbocycles. The third-order valence-corrected chi connectivity index (χ3v) is 7.89. The van der Waals surface area contributed by atoms with Crippen LogP contribution in [-0.4, -0.2) is 0 Å². The van der Waals surface area contributed by atoms with Crippen LogP contribution in [0.2, 0.25) is 0 Å². The summed E-state index contributed by atoms with van der Waals surface area (Å²) in [6, 6.07) is 41.0. The van der Waals surface area contributed by atoms with Gasteiger partial charge in [0.05, 0.1) is 5.41 Å². The van der Waals surface area contributed by atoms with Gasteiger partial charge in [0.25, 0.3) is 0 Å². The molecule has 162 valence electrons. The summed E-state index contributed by atoms with van der Waals surface area (Å²) in [4.78, 5) is 0. The van der Waals surface area contributed by atoms with Crippen LogP contribution in [0.4, 0.5) is 0 Å². The maximum atomic E-state index is 2.42. The van der Waals surface area contributed by atoms with Crippen LogP contribution < -0.4 is 0 Å². The normalized spacial score (nSPS) is 14.3. The standard InChI is InChI=1S/C34H26/c1-22-13-15-27-24(19-22)21-31-28(27)17-18-30-29-16-14-23(2)20-32(29)34(33(30)31,25-9-5-3-6-10-25)26-11-7-4-8-12-26/h3-20H,21H2,1-2H3. The van der Waals surface area contributed by atoms with Crippen LogP contribution in [0.25, 0.3) is 22.3 Å². The Morgan fingerprint density at radius 2 is 1.09 bits per heavy atom. The molecule has 0 saturated carbocycles. The molecule has 0 aromatic heterocycles. The maximum absolute atomic E-state index is 2.42. The molecular weight excluding hydrogens is 408 g/mol. The lowest BCUT2D eigenvalue weighted by molar-refractivity contribution is 0.759. The first kappa shape index (κ1) is 19.6.